The molecule has 0 radical (unpaired) electrons. The molecule has 2 aromatic carbocycles. The monoisotopic (exact) mass is 345 g/mol. The van der Waals surface area contributed by atoms with Gasteiger partial charge in [0.15, 0.2) is 11.5 Å². The fourth-order valence-corrected chi connectivity index (χ4v) is 3.48. The molecule has 124 valence electrons. The molecule has 0 atom stereocenters. The van der Waals surface area contributed by atoms with Crippen LogP contribution in [0.2, 0.25) is 0 Å². The van der Waals surface area contributed by atoms with Crippen molar-refractivity contribution in [3.8, 4) is 11.5 Å². The van der Waals surface area contributed by atoms with Gasteiger partial charge in [-0.15, -0.1) is 11.3 Å². The molecule has 0 saturated carbocycles. The van der Waals surface area contributed by atoms with Gasteiger partial charge in [-0.3, -0.25) is 4.79 Å². The highest BCUT2D eigenvalue weighted by Gasteiger charge is 2.14. The van der Waals surface area contributed by atoms with Gasteiger partial charge in [0, 0.05) is 22.2 Å². The number of halogens is 1. The van der Waals surface area contributed by atoms with Crippen molar-refractivity contribution in [2.75, 3.05) is 14.2 Å². The molecular weight excluding hydrogens is 329 g/mol. The van der Waals surface area contributed by atoms with E-state index in [0.29, 0.717) is 21.8 Å². The summed E-state index contributed by atoms with van der Waals surface area (Å²) in [4.78, 5) is 12.8. The summed E-state index contributed by atoms with van der Waals surface area (Å²) in [6.07, 6.45) is 0. The zero-order valence-electron chi connectivity index (χ0n) is 13.3. The number of hydrogen-bond donors (Lipinski definition) is 1. The predicted octanol–water partition coefficient (Wildman–Crippen LogP) is 3.99. The maximum absolute atomic E-state index is 13.7. The predicted molar refractivity (Wildman–Crippen MR) is 92.5 cm³/mol. The van der Waals surface area contributed by atoms with Crippen molar-refractivity contribution >= 4 is 27.3 Å². The number of hydrogen-bond acceptors (Lipinski definition) is 4. The molecule has 24 heavy (non-hydrogen) atoms. The highest BCUT2D eigenvalue weighted by Crippen LogP contribution is 2.31. The fourth-order valence-electron chi connectivity index (χ4n) is 2.49. The largest absolute Gasteiger partial charge is 0.493 e. The normalized spacial score (nSPS) is 10.6. The van der Waals surface area contributed by atoms with E-state index >= 15 is 0 Å². The molecule has 1 N–H and O–H groups in total. The van der Waals surface area contributed by atoms with E-state index in [1.165, 1.54) is 17.4 Å². The number of ether oxygens (including phenoxy) is 2. The average molecular weight is 345 g/mol. The molecule has 0 unspecified atom stereocenters. The molecule has 1 aromatic heterocycles. The molecule has 0 bridgehead atoms. The van der Waals surface area contributed by atoms with E-state index in [2.05, 4.69) is 5.32 Å². The summed E-state index contributed by atoms with van der Waals surface area (Å²) in [5.74, 6) is 0.619. The molecule has 1 amide bonds. The number of nitrogens with one attached hydrogen (secondary N) is 1. The van der Waals surface area contributed by atoms with Gasteiger partial charge in [0.05, 0.1) is 19.1 Å². The molecule has 6 heteroatoms. The van der Waals surface area contributed by atoms with Crippen molar-refractivity contribution in [3.05, 3.63) is 58.7 Å². The second-order valence-electron chi connectivity index (χ2n) is 5.10. The Morgan fingerprint density at radius 3 is 2.67 bits per heavy atom. The van der Waals surface area contributed by atoms with Gasteiger partial charge >= 0.3 is 0 Å². The van der Waals surface area contributed by atoms with E-state index in [1.807, 2.05) is 12.1 Å². The summed E-state index contributed by atoms with van der Waals surface area (Å²) in [6, 6.07) is 11.9. The minimum absolute atomic E-state index is 0.250. The second-order valence-corrected chi connectivity index (χ2v) is 6.18. The van der Waals surface area contributed by atoms with E-state index in [4.69, 9.17) is 9.47 Å². The Morgan fingerprint density at radius 1 is 1.17 bits per heavy atom. The first-order valence-corrected chi connectivity index (χ1v) is 8.12. The van der Waals surface area contributed by atoms with Crippen LogP contribution in [0.4, 0.5) is 4.39 Å². The van der Waals surface area contributed by atoms with Crippen LogP contribution in [-0.2, 0) is 6.54 Å². The summed E-state index contributed by atoms with van der Waals surface area (Å²) in [6.45, 7) is 0.288. The average Bonchev–Trinajstić information content (AvgIpc) is 3.05. The molecule has 3 rings (SSSR count). The van der Waals surface area contributed by atoms with Gasteiger partial charge in [0.1, 0.15) is 5.82 Å². The van der Waals surface area contributed by atoms with Crippen LogP contribution in [0.5, 0.6) is 11.5 Å². The summed E-state index contributed by atoms with van der Waals surface area (Å²) in [5, 5.41) is 3.30. The van der Waals surface area contributed by atoms with Crippen molar-refractivity contribution < 1.29 is 18.7 Å². The van der Waals surface area contributed by atoms with Crippen LogP contribution in [0.25, 0.3) is 10.1 Å². The maximum Gasteiger partial charge on any atom is 0.261 e. The molecule has 0 saturated heterocycles. The minimum atomic E-state index is -0.322. The molecule has 0 fully saturated rings. The lowest BCUT2D eigenvalue weighted by Crippen LogP contribution is -2.22. The number of fused-ring (bicyclic) bond motifs is 1. The van der Waals surface area contributed by atoms with Crippen LogP contribution in [0.15, 0.2) is 42.5 Å². The SMILES string of the molecule is COc1cccc(CNC(=O)c2cc3c(F)cccc3s2)c1OC. The number of carbonyl (C=O) groups is 1. The zero-order valence-corrected chi connectivity index (χ0v) is 14.1. The Morgan fingerprint density at radius 2 is 1.96 bits per heavy atom. The van der Waals surface area contributed by atoms with E-state index in [1.54, 1.807) is 38.5 Å². The Bertz CT molecular complexity index is 891. The maximum atomic E-state index is 13.7. The van der Waals surface area contributed by atoms with Crippen LogP contribution in [0, 0.1) is 5.82 Å². The highest BCUT2D eigenvalue weighted by molar-refractivity contribution is 7.20. The number of para-hydroxylation sites is 1. The molecule has 4 nitrogen and oxygen atoms in total. The summed E-state index contributed by atoms with van der Waals surface area (Å²) >= 11 is 1.26. The Labute approximate surface area is 142 Å². The van der Waals surface area contributed by atoms with Gasteiger partial charge in [0.25, 0.3) is 5.91 Å². The molecule has 0 aliphatic heterocycles. The first-order chi connectivity index (χ1) is 11.6. The van der Waals surface area contributed by atoms with Crippen molar-refractivity contribution in [2.24, 2.45) is 0 Å². The lowest BCUT2D eigenvalue weighted by molar-refractivity contribution is 0.0954. The van der Waals surface area contributed by atoms with Gasteiger partial charge in [-0.25, -0.2) is 4.39 Å². The molecule has 0 aliphatic carbocycles. The smallest absolute Gasteiger partial charge is 0.261 e. The van der Waals surface area contributed by atoms with Crippen molar-refractivity contribution in [2.45, 2.75) is 6.54 Å². The fraction of sp³-hybridized carbons (Fsp3) is 0.167. The van der Waals surface area contributed by atoms with E-state index in [9.17, 15) is 9.18 Å². The molecule has 1 heterocycles. The van der Waals surface area contributed by atoms with E-state index in [0.717, 1.165) is 10.3 Å². The van der Waals surface area contributed by atoms with Crippen molar-refractivity contribution in [1.29, 1.82) is 0 Å². The number of methoxy groups -OCH3 is 2. The number of amides is 1. The number of thiophene rings is 1. The third-order valence-corrected chi connectivity index (χ3v) is 4.76. The summed E-state index contributed by atoms with van der Waals surface area (Å²) in [7, 11) is 3.11. The first-order valence-electron chi connectivity index (χ1n) is 7.30. The van der Waals surface area contributed by atoms with Crippen LogP contribution >= 0.6 is 11.3 Å². The number of benzene rings is 2. The third-order valence-electron chi connectivity index (χ3n) is 3.66. The molecule has 3 aromatic rings. The van der Waals surface area contributed by atoms with Gasteiger partial charge in [-0.05, 0) is 24.3 Å². The Kier molecular flexibility index (Phi) is 4.66. The third kappa shape index (κ3) is 3.05. The first kappa shape index (κ1) is 16.3. The Balaban J connectivity index is 1.79. The molecule has 0 aliphatic rings. The topological polar surface area (TPSA) is 47.6 Å². The van der Waals surface area contributed by atoms with Crippen LogP contribution in [0.1, 0.15) is 15.2 Å². The number of carbonyl (C=O) groups excluding carboxylic acids is 1. The zero-order chi connectivity index (χ0) is 17.1. The second kappa shape index (κ2) is 6.88. The standard InChI is InChI=1S/C18H16FNO3S/c1-22-14-7-3-5-11(17(14)23-2)10-20-18(21)16-9-12-13(19)6-4-8-15(12)24-16/h3-9H,10H2,1-2H3,(H,20,21). The Hall–Kier alpha value is -2.60. The highest BCUT2D eigenvalue weighted by atomic mass is 32.1. The minimum Gasteiger partial charge on any atom is -0.493 e. The van der Waals surface area contributed by atoms with Crippen LogP contribution in [0.3, 0.4) is 0 Å². The van der Waals surface area contributed by atoms with Crippen LogP contribution < -0.4 is 14.8 Å². The van der Waals surface area contributed by atoms with Crippen LogP contribution in [-0.4, -0.2) is 20.1 Å². The number of rotatable bonds is 5. The van der Waals surface area contributed by atoms with Gasteiger partial charge < -0.3 is 14.8 Å². The lowest BCUT2D eigenvalue weighted by Gasteiger charge is -2.12. The van der Waals surface area contributed by atoms with Gasteiger partial charge in [0.2, 0.25) is 0 Å². The van der Waals surface area contributed by atoms with Crippen molar-refractivity contribution in [3.63, 3.8) is 0 Å². The van der Waals surface area contributed by atoms with Gasteiger partial charge in [-0.1, -0.05) is 18.2 Å². The molecular formula is C18H16FNO3S. The lowest BCUT2D eigenvalue weighted by atomic mass is 10.2. The van der Waals surface area contributed by atoms with E-state index < -0.39 is 0 Å². The summed E-state index contributed by atoms with van der Waals surface area (Å²) < 4.78 is 25.1. The van der Waals surface area contributed by atoms with E-state index in [-0.39, 0.29) is 18.3 Å². The quantitative estimate of drug-likeness (QED) is 0.761. The van der Waals surface area contributed by atoms with Gasteiger partial charge in [-0.2, -0.15) is 0 Å². The molecule has 0 spiro atoms. The van der Waals surface area contributed by atoms with Crippen molar-refractivity contribution in [1.82, 2.24) is 5.32 Å². The summed E-state index contributed by atoms with van der Waals surface area (Å²) in [5.41, 5.74) is 0.803.